The number of aliphatic hydroxyl groups excluding tert-OH is 1. The average molecular weight is 557 g/mol. The van der Waals surface area contributed by atoms with E-state index in [4.69, 9.17) is 0 Å². The summed E-state index contributed by atoms with van der Waals surface area (Å²) in [6, 6.07) is 11.6. The number of nitrogens with zero attached hydrogens (tertiary/aromatic N) is 3. The quantitative estimate of drug-likeness (QED) is 0.267. The summed E-state index contributed by atoms with van der Waals surface area (Å²) in [4.78, 5) is 39.5. The lowest BCUT2D eigenvalue weighted by Gasteiger charge is -2.31. The molecule has 0 bridgehead atoms. The Morgan fingerprint density at radius 3 is 2.56 bits per heavy atom. The van der Waals surface area contributed by atoms with Crippen molar-refractivity contribution in [1.29, 1.82) is 0 Å². The van der Waals surface area contributed by atoms with E-state index in [9.17, 15) is 14.7 Å². The molecule has 6 rings (SSSR count). The molecule has 1 saturated heterocycles. The molecule has 1 aromatic carbocycles. The van der Waals surface area contributed by atoms with Gasteiger partial charge in [-0.1, -0.05) is 19.3 Å². The molecular weight excluding hydrogens is 523 g/mol. The van der Waals surface area contributed by atoms with E-state index < -0.39 is 5.82 Å². The molecule has 2 aliphatic rings. The highest BCUT2D eigenvalue weighted by molar-refractivity contribution is 5.96. The molecule has 4 aromatic rings. The number of pyridine rings is 3. The molecule has 10 heteroatoms. The number of rotatable bonds is 6. The van der Waals surface area contributed by atoms with E-state index in [1.54, 1.807) is 30.5 Å². The topological polar surface area (TPSA) is 123 Å². The summed E-state index contributed by atoms with van der Waals surface area (Å²) in [6.07, 6.45) is 9.70. The van der Waals surface area contributed by atoms with Crippen molar-refractivity contribution in [2.45, 2.75) is 57.1 Å². The van der Waals surface area contributed by atoms with Crippen LogP contribution in [0.1, 0.15) is 55.3 Å². The SMILES string of the molecule is O=C(NC1CCCCC1)c1ccc(-c2cc(Nc3ccc(N4CCC(O)CC4)cn3)c3c(=O)[nH]ccc3n2)c(F)c1. The minimum atomic E-state index is -0.571. The minimum Gasteiger partial charge on any atom is -0.393 e. The Hall–Kier alpha value is -4.31. The van der Waals surface area contributed by atoms with Gasteiger partial charge in [-0.05, 0) is 68.1 Å². The first-order chi connectivity index (χ1) is 19.9. The lowest BCUT2D eigenvalue weighted by molar-refractivity contribution is 0.0927. The third-order valence-electron chi connectivity index (χ3n) is 8.02. The van der Waals surface area contributed by atoms with Crippen molar-refractivity contribution in [3.8, 4) is 11.3 Å². The zero-order chi connectivity index (χ0) is 28.3. The fraction of sp³-hybridized carbons (Fsp3) is 0.355. The number of halogens is 1. The normalized spacial score (nSPS) is 16.6. The molecule has 0 atom stereocenters. The standard InChI is InChI=1S/C31H33FN6O3/c32-24-16-19(30(40)35-20-4-2-1-3-5-20)6-8-23(24)26-17-27(29-25(36-26)10-13-33-31(29)41)37-28-9-7-21(18-34-28)38-14-11-22(39)12-15-38/h6-10,13,16-18,20,22,39H,1-5,11-12,14-15H2,(H,33,41)(H,35,40)(H,34,36,37). The first-order valence-corrected chi connectivity index (χ1v) is 14.2. The molecule has 0 radical (unpaired) electrons. The molecule has 0 spiro atoms. The van der Waals surface area contributed by atoms with E-state index in [0.29, 0.717) is 28.1 Å². The van der Waals surface area contributed by atoms with Crippen LogP contribution in [0.3, 0.4) is 0 Å². The largest absolute Gasteiger partial charge is 0.393 e. The zero-order valence-corrected chi connectivity index (χ0v) is 22.7. The Labute approximate surface area is 236 Å². The maximum Gasteiger partial charge on any atom is 0.259 e. The van der Waals surface area contributed by atoms with E-state index in [1.165, 1.54) is 18.7 Å². The van der Waals surface area contributed by atoms with E-state index in [-0.39, 0.29) is 34.7 Å². The molecule has 0 unspecified atom stereocenters. The Kier molecular flexibility index (Phi) is 7.65. The van der Waals surface area contributed by atoms with Crippen LogP contribution >= 0.6 is 0 Å². The average Bonchev–Trinajstić information content (AvgIpc) is 2.98. The van der Waals surface area contributed by atoms with Gasteiger partial charge in [0.05, 0.1) is 40.3 Å². The van der Waals surface area contributed by atoms with Crippen molar-refractivity contribution in [2.75, 3.05) is 23.3 Å². The number of aromatic amines is 1. The summed E-state index contributed by atoms with van der Waals surface area (Å²) in [5, 5.41) is 16.4. The number of benzene rings is 1. The molecule has 4 N–H and O–H groups in total. The van der Waals surface area contributed by atoms with Gasteiger partial charge in [-0.2, -0.15) is 0 Å². The van der Waals surface area contributed by atoms with Gasteiger partial charge < -0.3 is 25.6 Å². The number of aliphatic hydroxyl groups is 1. The van der Waals surface area contributed by atoms with Gasteiger partial charge in [0.25, 0.3) is 11.5 Å². The van der Waals surface area contributed by atoms with Gasteiger partial charge in [-0.3, -0.25) is 9.59 Å². The van der Waals surface area contributed by atoms with E-state index >= 15 is 4.39 Å². The van der Waals surface area contributed by atoms with Gasteiger partial charge >= 0.3 is 0 Å². The van der Waals surface area contributed by atoms with Crippen molar-refractivity contribution in [3.05, 3.63) is 76.6 Å². The molecule has 4 heterocycles. The highest BCUT2D eigenvalue weighted by Gasteiger charge is 2.20. The molecule has 3 aromatic heterocycles. The number of fused-ring (bicyclic) bond motifs is 1. The maximum absolute atomic E-state index is 15.4. The summed E-state index contributed by atoms with van der Waals surface area (Å²) in [5.74, 6) is -0.335. The van der Waals surface area contributed by atoms with Crippen LogP contribution in [0.2, 0.25) is 0 Å². The summed E-state index contributed by atoms with van der Waals surface area (Å²) in [7, 11) is 0. The molecular formula is C31H33FN6O3. The summed E-state index contributed by atoms with van der Waals surface area (Å²) >= 11 is 0. The van der Waals surface area contributed by atoms with Crippen LogP contribution in [0.25, 0.3) is 22.2 Å². The lowest BCUT2D eigenvalue weighted by Crippen LogP contribution is -2.36. The monoisotopic (exact) mass is 556 g/mol. The number of hydrogen-bond donors (Lipinski definition) is 4. The summed E-state index contributed by atoms with van der Waals surface area (Å²) in [5.41, 5.74) is 2.27. The van der Waals surface area contributed by atoms with E-state index in [2.05, 4.69) is 30.5 Å². The van der Waals surface area contributed by atoms with Crippen LogP contribution in [0.4, 0.5) is 21.6 Å². The van der Waals surface area contributed by atoms with E-state index in [0.717, 1.165) is 57.3 Å². The van der Waals surface area contributed by atoms with Crippen molar-refractivity contribution >= 4 is 34.0 Å². The third kappa shape index (κ3) is 5.92. The van der Waals surface area contributed by atoms with Gasteiger partial charge in [0, 0.05) is 36.5 Å². The number of piperidine rings is 1. The number of carbonyl (C=O) groups excluding carboxylic acids is 1. The fourth-order valence-electron chi connectivity index (χ4n) is 5.72. The van der Waals surface area contributed by atoms with Crippen molar-refractivity contribution in [2.24, 2.45) is 0 Å². The first kappa shape index (κ1) is 26.9. The smallest absolute Gasteiger partial charge is 0.259 e. The molecule has 2 fully saturated rings. The molecule has 9 nitrogen and oxygen atoms in total. The maximum atomic E-state index is 15.4. The number of amides is 1. The van der Waals surface area contributed by atoms with Crippen LogP contribution in [0, 0.1) is 5.82 Å². The van der Waals surface area contributed by atoms with Gasteiger partial charge in [0.15, 0.2) is 0 Å². The highest BCUT2D eigenvalue weighted by Crippen LogP contribution is 2.31. The minimum absolute atomic E-state index is 0.128. The molecule has 1 aliphatic heterocycles. The number of H-pyrrole nitrogens is 1. The number of carbonyl (C=O) groups is 1. The Balaban J connectivity index is 1.28. The summed E-state index contributed by atoms with van der Waals surface area (Å²) < 4.78 is 15.4. The van der Waals surface area contributed by atoms with Crippen LogP contribution in [-0.4, -0.2) is 51.2 Å². The van der Waals surface area contributed by atoms with Gasteiger partial charge in [0.2, 0.25) is 0 Å². The van der Waals surface area contributed by atoms with Crippen molar-refractivity contribution in [3.63, 3.8) is 0 Å². The van der Waals surface area contributed by atoms with Gasteiger partial charge in [-0.25, -0.2) is 14.4 Å². The van der Waals surface area contributed by atoms with E-state index in [1.807, 2.05) is 12.1 Å². The van der Waals surface area contributed by atoms with Crippen molar-refractivity contribution in [1.82, 2.24) is 20.3 Å². The van der Waals surface area contributed by atoms with Crippen LogP contribution in [-0.2, 0) is 0 Å². The predicted octanol–water partition coefficient (Wildman–Crippen LogP) is 4.89. The van der Waals surface area contributed by atoms with Gasteiger partial charge in [-0.15, -0.1) is 0 Å². The second-order valence-corrected chi connectivity index (χ2v) is 10.9. The number of hydrogen-bond acceptors (Lipinski definition) is 7. The first-order valence-electron chi connectivity index (χ1n) is 14.2. The highest BCUT2D eigenvalue weighted by atomic mass is 19.1. The molecule has 41 heavy (non-hydrogen) atoms. The zero-order valence-electron chi connectivity index (χ0n) is 22.7. The molecule has 1 amide bonds. The number of aromatic nitrogens is 3. The van der Waals surface area contributed by atoms with Crippen LogP contribution < -0.4 is 21.1 Å². The number of nitrogens with one attached hydrogen (secondary N) is 3. The molecule has 1 aliphatic carbocycles. The predicted molar refractivity (Wildman–Crippen MR) is 157 cm³/mol. The summed E-state index contributed by atoms with van der Waals surface area (Å²) in [6.45, 7) is 1.52. The number of anilines is 3. The Morgan fingerprint density at radius 2 is 1.83 bits per heavy atom. The second kappa shape index (κ2) is 11.7. The van der Waals surface area contributed by atoms with Gasteiger partial charge in [0.1, 0.15) is 11.6 Å². The Bertz CT molecular complexity index is 1610. The van der Waals surface area contributed by atoms with Crippen molar-refractivity contribution < 1.29 is 14.3 Å². The molecule has 212 valence electrons. The third-order valence-corrected chi connectivity index (χ3v) is 8.02. The Morgan fingerprint density at radius 1 is 1.02 bits per heavy atom. The second-order valence-electron chi connectivity index (χ2n) is 10.9. The molecule has 1 saturated carbocycles. The lowest BCUT2D eigenvalue weighted by atomic mass is 9.95. The van der Waals surface area contributed by atoms with Crippen LogP contribution in [0.5, 0.6) is 0 Å². The fourth-order valence-corrected chi connectivity index (χ4v) is 5.72. The van der Waals surface area contributed by atoms with Crippen LogP contribution in [0.15, 0.2) is 59.7 Å².